The molecule has 0 spiro atoms. The van der Waals surface area contributed by atoms with Crippen molar-refractivity contribution < 1.29 is 0 Å². The topological polar surface area (TPSA) is 12.0 Å². The van der Waals surface area contributed by atoms with Gasteiger partial charge in [-0.3, -0.25) is 0 Å². The lowest BCUT2D eigenvalue weighted by molar-refractivity contribution is 1.02. The van der Waals surface area contributed by atoms with Gasteiger partial charge in [0.1, 0.15) is 0 Å². The van der Waals surface area contributed by atoms with Crippen LogP contribution in [0.4, 0.5) is 5.69 Å². The van der Waals surface area contributed by atoms with E-state index in [9.17, 15) is 0 Å². The van der Waals surface area contributed by atoms with E-state index in [1.807, 2.05) is 24.3 Å². The molecule has 0 saturated heterocycles. The molecular weight excluding hydrogens is 206 g/mol. The molecule has 0 aliphatic rings. The van der Waals surface area contributed by atoms with Gasteiger partial charge < -0.3 is 5.32 Å². The second-order valence-corrected chi connectivity index (χ2v) is 3.99. The molecule has 1 nitrogen and oxygen atoms in total. The first-order valence-corrected chi connectivity index (χ1v) is 5.89. The van der Waals surface area contributed by atoms with Gasteiger partial charge in [-0.1, -0.05) is 55.1 Å². The molecule has 0 radical (unpaired) electrons. The van der Waals surface area contributed by atoms with Crippen LogP contribution in [0.15, 0.2) is 61.2 Å². The fourth-order valence-electron chi connectivity index (χ4n) is 1.73. The van der Waals surface area contributed by atoms with Crippen LogP contribution in [-0.2, 0) is 6.42 Å². The van der Waals surface area contributed by atoms with E-state index in [4.69, 9.17) is 0 Å². The van der Waals surface area contributed by atoms with Crippen LogP contribution >= 0.6 is 0 Å². The zero-order valence-electron chi connectivity index (χ0n) is 9.89. The molecule has 2 aromatic rings. The zero-order chi connectivity index (χ0) is 11.9. The van der Waals surface area contributed by atoms with E-state index in [0.29, 0.717) is 0 Å². The highest BCUT2D eigenvalue weighted by Gasteiger charge is 1.93. The third-order valence-corrected chi connectivity index (χ3v) is 2.73. The summed E-state index contributed by atoms with van der Waals surface area (Å²) in [5, 5.41) is 3.40. The summed E-state index contributed by atoms with van der Waals surface area (Å²) in [6.07, 6.45) is 2.90. The average molecular weight is 223 g/mol. The number of para-hydroxylation sites is 1. The minimum atomic E-state index is 0.956. The normalized spacial score (nSPS) is 9.88. The van der Waals surface area contributed by atoms with E-state index in [-0.39, 0.29) is 0 Å². The van der Waals surface area contributed by atoms with Crippen molar-refractivity contribution in [1.29, 1.82) is 0 Å². The van der Waals surface area contributed by atoms with Gasteiger partial charge in [0.05, 0.1) is 0 Å². The Morgan fingerprint density at radius 3 is 2.29 bits per heavy atom. The van der Waals surface area contributed by atoms with Crippen molar-refractivity contribution >= 4 is 11.8 Å². The van der Waals surface area contributed by atoms with Crippen LogP contribution in [0.3, 0.4) is 0 Å². The Morgan fingerprint density at radius 2 is 1.65 bits per heavy atom. The first kappa shape index (κ1) is 11.5. The maximum absolute atomic E-state index is 3.75. The summed E-state index contributed by atoms with van der Waals surface area (Å²) in [5.41, 5.74) is 3.69. The Balaban J connectivity index is 1.84. The minimum absolute atomic E-state index is 0.956. The summed E-state index contributed by atoms with van der Waals surface area (Å²) in [6, 6.07) is 18.8. The van der Waals surface area contributed by atoms with Crippen LogP contribution < -0.4 is 5.32 Å². The molecule has 0 fully saturated rings. The summed E-state index contributed by atoms with van der Waals surface area (Å²) in [5.74, 6) is 0. The molecule has 0 bridgehead atoms. The first-order valence-electron chi connectivity index (χ1n) is 5.89. The fraction of sp³-hybridized carbons (Fsp3) is 0.125. The number of hydrogen-bond acceptors (Lipinski definition) is 1. The molecule has 2 aromatic carbocycles. The molecule has 0 aromatic heterocycles. The van der Waals surface area contributed by atoms with Crippen molar-refractivity contribution in [1.82, 2.24) is 0 Å². The zero-order valence-corrected chi connectivity index (χ0v) is 9.89. The summed E-state index contributed by atoms with van der Waals surface area (Å²) >= 11 is 0. The van der Waals surface area contributed by atoms with Crippen molar-refractivity contribution in [2.24, 2.45) is 0 Å². The van der Waals surface area contributed by atoms with E-state index in [1.54, 1.807) is 0 Å². The Hall–Kier alpha value is -2.02. The quantitative estimate of drug-likeness (QED) is 0.808. The first-order chi connectivity index (χ1) is 8.38. The van der Waals surface area contributed by atoms with Gasteiger partial charge in [0.25, 0.3) is 0 Å². The molecule has 1 heteroatoms. The summed E-state index contributed by atoms with van der Waals surface area (Å²) in [6.45, 7) is 4.71. The molecule has 0 amide bonds. The standard InChI is InChI=1S/C16H17N/c1-2-14-8-10-15(11-9-14)12-13-17-16-6-4-3-5-7-16/h2-11,17H,1,12-13H2. The summed E-state index contributed by atoms with van der Waals surface area (Å²) < 4.78 is 0. The van der Waals surface area contributed by atoms with Crippen molar-refractivity contribution in [3.63, 3.8) is 0 Å². The van der Waals surface area contributed by atoms with E-state index >= 15 is 0 Å². The van der Waals surface area contributed by atoms with Gasteiger partial charge in [-0.05, 0) is 29.7 Å². The number of anilines is 1. The van der Waals surface area contributed by atoms with Crippen molar-refractivity contribution in [2.45, 2.75) is 6.42 Å². The van der Waals surface area contributed by atoms with Crippen molar-refractivity contribution in [3.05, 3.63) is 72.3 Å². The van der Waals surface area contributed by atoms with Gasteiger partial charge in [0.2, 0.25) is 0 Å². The molecule has 17 heavy (non-hydrogen) atoms. The average Bonchev–Trinajstić information content (AvgIpc) is 2.41. The second-order valence-electron chi connectivity index (χ2n) is 3.99. The lowest BCUT2D eigenvalue weighted by atomic mass is 10.1. The fourth-order valence-corrected chi connectivity index (χ4v) is 1.73. The van der Waals surface area contributed by atoms with Gasteiger partial charge in [-0.2, -0.15) is 0 Å². The maximum atomic E-state index is 3.75. The van der Waals surface area contributed by atoms with Crippen LogP contribution in [0.5, 0.6) is 0 Å². The number of nitrogens with one attached hydrogen (secondary N) is 1. The van der Waals surface area contributed by atoms with Crippen LogP contribution in [0.2, 0.25) is 0 Å². The SMILES string of the molecule is C=Cc1ccc(CCNc2ccccc2)cc1. The summed E-state index contributed by atoms with van der Waals surface area (Å²) in [7, 11) is 0. The van der Waals surface area contributed by atoms with Crippen LogP contribution in [0, 0.1) is 0 Å². The largest absolute Gasteiger partial charge is 0.385 e. The van der Waals surface area contributed by atoms with E-state index < -0.39 is 0 Å². The molecule has 1 N–H and O–H groups in total. The van der Waals surface area contributed by atoms with E-state index in [1.165, 1.54) is 16.8 Å². The Labute approximate surface area is 103 Å². The smallest absolute Gasteiger partial charge is 0.0340 e. The predicted molar refractivity (Wildman–Crippen MR) is 75.2 cm³/mol. The molecule has 0 aliphatic carbocycles. The molecular formula is C16H17N. The maximum Gasteiger partial charge on any atom is 0.0340 e. The molecule has 0 heterocycles. The highest BCUT2D eigenvalue weighted by Crippen LogP contribution is 2.08. The molecule has 2 rings (SSSR count). The predicted octanol–water partition coefficient (Wildman–Crippen LogP) is 3.98. The monoisotopic (exact) mass is 223 g/mol. The minimum Gasteiger partial charge on any atom is -0.385 e. The van der Waals surface area contributed by atoms with Gasteiger partial charge in [0, 0.05) is 12.2 Å². The van der Waals surface area contributed by atoms with Crippen LogP contribution in [0.25, 0.3) is 6.08 Å². The molecule has 0 aliphatic heterocycles. The Bertz CT molecular complexity index is 457. The van der Waals surface area contributed by atoms with Gasteiger partial charge >= 0.3 is 0 Å². The number of hydrogen-bond donors (Lipinski definition) is 1. The molecule has 0 saturated carbocycles. The molecule has 86 valence electrons. The summed E-state index contributed by atoms with van der Waals surface area (Å²) in [4.78, 5) is 0. The number of rotatable bonds is 5. The Morgan fingerprint density at radius 1 is 0.941 bits per heavy atom. The lowest BCUT2D eigenvalue weighted by Gasteiger charge is -2.06. The van der Waals surface area contributed by atoms with Crippen molar-refractivity contribution in [3.8, 4) is 0 Å². The highest BCUT2D eigenvalue weighted by atomic mass is 14.9. The number of benzene rings is 2. The highest BCUT2D eigenvalue weighted by molar-refractivity contribution is 5.47. The molecule has 0 atom stereocenters. The molecule has 0 unspecified atom stereocenters. The lowest BCUT2D eigenvalue weighted by Crippen LogP contribution is -2.04. The second kappa shape index (κ2) is 5.90. The van der Waals surface area contributed by atoms with E-state index in [0.717, 1.165) is 13.0 Å². The van der Waals surface area contributed by atoms with E-state index in [2.05, 4.69) is 48.3 Å². The van der Waals surface area contributed by atoms with Crippen LogP contribution in [0.1, 0.15) is 11.1 Å². The van der Waals surface area contributed by atoms with Gasteiger partial charge in [-0.25, -0.2) is 0 Å². The Kier molecular flexibility index (Phi) is 3.98. The van der Waals surface area contributed by atoms with Gasteiger partial charge in [-0.15, -0.1) is 0 Å². The van der Waals surface area contributed by atoms with Crippen LogP contribution in [-0.4, -0.2) is 6.54 Å². The third kappa shape index (κ3) is 3.49. The third-order valence-electron chi connectivity index (χ3n) is 2.73. The van der Waals surface area contributed by atoms with Gasteiger partial charge in [0.15, 0.2) is 0 Å². The van der Waals surface area contributed by atoms with Crippen molar-refractivity contribution in [2.75, 3.05) is 11.9 Å².